The molecule has 0 unspecified atom stereocenters. The maximum Gasteiger partial charge on any atom is 0.214 e. The number of hydrogen-bond acceptors (Lipinski definition) is 5. The molecule has 0 atom stereocenters. The number of aromatic amines is 1. The predicted molar refractivity (Wildman–Crippen MR) is 117 cm³/mol. The molecule has 0 aliphatic rings. The van der Waals surface area contributed by atoms with E-state index in [4.69, 9.17) is 14.7 Å². The van der Waals surface area contributed by atoms with Crippen LogP contribution in [0.4, 0.5) is 0 Å². The minimum Gasteiger partial charge on any atom is -0.494 e. The molecule has 0 amide bonds. The van der Waals surface area contributed by atoms with Gasteiger partial charge in [-0.3, -0.25) is 9.78 Å². The van der Waals surface area contributed by atoms with Crippen molar-refractivity contribution in [2.75, 3.05) is 7.11 Å². The first-order valence-corrected chi connectivity index (χ1v) is 9.04. The summed E-state index contributed by atoms with van der Waals surface area (Å²) in [6.07, 6.45) is 6.66. The van der Waals surface area contributed by atoms with Crippen LogP contribution in [0, 0.1) is 0 Å². The molecule has 6 nitrogen and oxygen atoms in total. The summed E-state index contributed by atoms with van der Waals surface area (Å²) in [5.74, 6) is 0.457. The van der Waals surface area contributed by atoms with Crippen LogP contribution in [0.3, 0.4) is 0 Å². The van der Waals surface area contributed by atoms with Gasteiger partial charge in [0.15, 0.2) is 5.75 Å². The van der Waals surface area contributed by atoms with Gasteiger partial charge >= 0.3 is 0 Å². The first-order chi connectivity index (χ1) is 14.2. The van der Waals surface area contributed by atoms with E-state index < -0.39 is 0 Å². The third kappa shape index (κ3) is 2.23. The number of H-pyrrole nitrogens is 1. The largest absolute Gasteiger partial charge is 0.494 e. The summed E-state index contributed by atoms with van der Waals surface area (Å²) in [6, 6.07) is 7.63. The molecular weight excluding hydrogens is 364 g/mol. The summed E-state index contributed by atoms with van der Waals surface area (Å²) in [7, 11) is 1.54. The molecule has 0 saturated carbocycles. The standard InChI is InChI=1S/C23H16N4O2/c1-4-12-13(5-2)23(29-3)21-20(22(12)28)26-18-14-8-6-10-24-16(14)17-15(19(18)27-21)9-7-11-25-17/h4-11,25H,1-2H2,3H3. The molecule has 2 aromatic carbocycles. The third-order valence-corrected chi connectivity index (χ3v) is 5.13. The summed E-state index contributed by atoms with van der Waals surface area (Å²) in [6.45, 7) is 7.59. The van der Waals surface area contributed by atoms with Gasteiger partial charge in [0.05, 0.1) is 29.2 Å². The third-order valence-electron chi connectivity index (χ3n) is 5.13. The van der Waals surface area contributed by atoms with Gasteiger partial charge in [-0.05, 0) is 24.3 Å². The van der Waals surface area contributed by atoms with Crippen LogP contribution in [0.1, 0.15) is 11.1 Å². The lowest BCUT2D eigenvalue weighted by Crippen LogP contribution is -2.12. The number of nitrogens with one attached hydrogen (secondary N) is 1. The first kappa shape index (κ1) is 17.1. The van der Waals surface area contributed by atoms with Gasteiger partial charge in [0.25, 0.3) is 0 Å². The molecule has 0 fully saturated rings. The summed E-state index contributed by atoms with van der Waals surface area (Å²) >= 11 is 0. The lowest BCUT2D eigenvalue weighted by atomic mass is 10.0. The first-order valence-electron chi connectivity index (χ1n) is 9.04. The minimum absolute atomic E-state index is 0.235. The summed E-state index contributed by atoms with van der Waals surface area (Å²) in [4.78, 5) is 30.6. The molecule has 0 bridgehead atoms. The maximum absolute atomic E-state index is 13.2. The highest BCUT2D eigenvalue weighted by Crippen LogP contribution is 2.35. The average Bonchev–Trinajstić information content (AvgIpc) is 2.78. The van der Waals surface area contributed by atoms with E-state index in [0.29, 0.717) is 33.4 Å². The normalized spacial score (nSPS) is 11.3. The zero-order valence-corrected chi connectivity index (χ0v) is 15.7. The predicted octanol–water partition coefficient (Wildman–Crippen LogP) is 4.47. The van der Waals surface area contributed by atoms with Gasteiger partial charge in [-0.1, -0.05) is 25.3 Å². The molecule has 0 aliphatic carbocycles. The molecule has 5 rings (SSSR count). The molecule has 140 valence electrons. The maximum atomic E-state index is 13.2. The number of hydrogen-bond donors (Lipinski definition) is 1. The lowest BCUT2D eigenvalue weighted by Gasteiger charge is -2.13. The van der Waals surface area contributed by atoms with E-state index in [1.807, 2.05) is 30.5 Å². The van der Waals surface area contributed by atoms with Crippen molar-refractivity contribution in [1.29, 1.82) is 0 Å². The van der Waals surface area contributed by atoms with Crippen LogP contribution in [0.25, 0.3) is 56.0 Å². The van der Waals surface area contributed by atoms with Crippen LogP contribution < -0.4 is 10.2 Å². The average molecular weight is 380 g/mol. The highest BCUT2D eigenvalue weighted by molar-refractivity contribution is 6.21. The highest BCUT2D eigenvalue weighted by Gasteiger charge is 2.20. The monoisotopic (exact) mass is 380 g/mol. The van der Waals surface area contributed by atoms with Crippen molar-refractivity contribution in [3.05, 3.63) is 71.2 Å². The van der Waals surface area contributed by atoms with Crippen molar-refractivity contribution in [3.63, 3.8) is 0 Å². The molecule has 3 heterocycles. The van der Waals surface area contributed by atoms with Crippen LogP contribution in [0.15, 0.2) is 54.6 Å². The van der Waals surface area contributed by atoms with E-state index in [1.165, 1.54) is 6.08 Å². The van der Waals surface area contributed by atoms with Crippen molar-refractivity contribution < 1.29 is 4.74 Å². The Hall–Kier alpha value is -4.06. The van der Waals surface area contributed by atoms with Gasteiger partial charge in [-0.25, -0.2) is 9.97 Å². The number of pyridine rings is 2. The van der Waals surface area contributed by atoms with Crippen LogP contribution >= 0.6 is 0 Å². The lowest BCUT2D eigenvalue weighted by molar-refractivity contribution is 0.418. The summed E-state index contributed by atoms with van der Waals surface area (Å²) in [5, 5.41) is 1.68. The molecular formula is C23H16N4O2. The van der Waals surface area contributed by atoms with Crippen LogP contribution in [-0.2, 0) is 0 Å². The van der Waals surface area contributed by atoms with Crippen molar-refractivity contribution in [2.45, 2.75) is 0 Å². The second-order valence-electron chi connectivity index (χ2n) is 6.57. The van der Waals surface area contributed by atoms with Gasteiger partial charge in [0, 0.05) is 34.3 Å². The fraction of sp³-hybridized carbons (Fsp3) is 0.0435. The SMILES string of the molecule is C=Cc1c(C=C)c(=O)c2nc3c4cccnc4c4[nH]cccc4c3nc2c1OC. The number of benzene rings is 2. The number of aromatic nitrogens is 4. The Morgan fingerprint density at radius 1 is 0.931 bits per heavy atom. The second kappa shape index (κ2) is 6.24. The van der Waals surface area contributed by atoms with Crippen LogP contribution in [0.5, 0.6) is 5.75 Å². The Morgan fingerprint density at radius 2 is 1.66 bits per heavy atom. The fourth-order valence-electron chi connectivity index (χ4n) is 3.87. The van der Waals surface area contributed by atoms with Crippen molar-refractivity contribution in [2.24, 2.45) is 0 Å². The second-order valence-corrected chi connectivity index (χ2v) is 6.57. The molecule has 6 heteroatoms. The number of rotatable bonds is 3. The fourth-order valence-corrected chi connectivity index (χ4v) is 3.87. The van der Waals surface area contributed by atoms with Crippen LogP contribution in [0.2, 0.25) is 0 Å². The van der Waals surface area contributed by atoms with Gasteiger partial charge in [0.1, 0.15) is 11.0 Å². The van der Waals surface area contributed by atoms with E-state index in [2.05, 4.69) is 23.1 Å². The van der Waals surface area contributed by atoms with Gasteiger partial charge in [-0.2, -0.15) is 0 Å². The molecule has 29 heavy (non-hydrogen) atoms. The number of ether oxygens (including phenoxy) is 1. The molecule has 0 spiro atoms. The van der Waals surface area contributed by atoms with Gasteiger partial charge in [-0.15, -0.1) is 0 Å². The topological polar surface area (TPSA) is 80.8 Å². The molecule has 0 aliphatic heterocycles. The molecule has 5 aromatic rings. The summed E-state index contributed by atoms with van der Waals surface area (Å²) < 4.78 is 5.61. The van der Waals surface area contributed by atoms with E-state index in [1.54, 1.807) is 19.4 Å². The minimum atomic E-state index is -0.253. The van der Waals surface area contributed by atoms with Crippen molar-refractivity contribution in [1.82, 2.24) is 19.9 Å². The van der Waals surface area contributed by atoms with E-state index >= 15 is 0 Å². The molecule has 0 radical (unpaired) electrons. The van der Waals surface area contributed by atoms with Gasteiger partial charge in [0.2, 0.25) is 5.43 Å². The Bertz CT molecular complexity index is 1550. The zero-order valence-electron chi connectivity index (χ0n) is 15.7. The van der Waals surface area contributed by atoms with Crippen molar-refractivity contribution in [3.8, 4) is 5.75 Å². The van der Waals surface area contributed by atoms with Crippen LogP contribution in [-0.4, -0.2) is 27.0 Å². The molecule has 3 aromatic heterocycles. The zero-order chi connectivity index (χ0) is 20.1. The Kier molecular flexibility index (Phi) is 3.67. The number of methoxy groups -OCH3 is 1. The Balaban J connectivity index is 2.14. The Labute approximate surface area is 165 Å². The number of nitrogens with zero attached hydrogens (tertiary/aromatic N) is 3. The van der Waals surface area contributed by atoms with E-state index in [-0.39, 0.29) is 10.9 Å². The highest BCUT2D eigenvalue weighted by atomic mass is 16.5. The summed E-state index contributed by atoms with van der Waals surface area (Å²) in [5.41, 5.74) is 4.27. The molecule has 0 saturated heterocycles. The smallest absolute Gasteiger partial charge is 0.214 e. The van der Waals surface area contributed by atoms with Gasteiger partial charge < -0.3 is 9.72 Å². The Morgan fingerprint density at radius 3 is 2.41 bits per heavy atom. The quantitative estimate of drug-likeness (QED) is 0.369. The van der Waals surface area contributed by atoms with E-state index in [9.17, 15) is 4.79 Å². The number of fused-ring (bicyclic) bond motifs is 7. The van der Waals surface area contributed by atoms with E-state index in [0.717, 1.165) is 21.8 Å². The van der Waals surface area contributed by atoms with Crippen molar-refractivity contribution >= 4 is 56.0 Å². The molecule has 1 N–H and O–H groups in total.